The third kappa shape index (κ3) is 9.13. The first-order valence-corrected chi connectivity index (χ1v) is 27.0. The highest BCUT2D eigenvalue weighted by Crippen LogP contribution is 2.52. The minimum Gasteiger partial charge on any atom is -0.414 e. The lowest BCUT2D eigenvalue weighted by molar-refractivity contribution is -0.142. The van der Waals surface area contributed by atoms with Crippen molar-refractivity contribution in [2.45, 2.75) is 160 Å². The molecule has 7 N–H and O–H groups in total. The van der Waals surface area contributed by atoms with E-state index in [0.29, 0.717) is 0 Å². The smallest absolute Gasteiger partial charge is 0.333 e. The van der Waals surface area contributed by atoms with Crippen molar-refractivity contribution in [2.75, 3.05) is 19.7 Å². The molecule has 330 valence electrons. The van der Waals surface area contributed by atoms with Crippen molar-refractivity contribution in [2.24, 2.45) is 17.4 Å². The van der Waals surface area contributed by atoms with Crippen LogP contribution in [-0.4, -0.2) is 123 Å². The van der Waals surface area contributed by atoms with Crippen molar-refractivity contribution >= 4 is 38.6 Å². The van der Waals surface area contributed by atoms with Crippen LogP contribution in [-0.2, 0) is 44.0 Å². The molecule has 0 aliphatic carbocycles. The molecule has 2 fully saturated rings. The number of rotatable bonds is 13. The summed E-state index contributed by atoms with van der Waals surface area (Å²) in [6, 6.07) is -2.35. The van der Waals surface area contributed by atoms with Crippen molar-refractivity contribution in [3.05, 3.63) is 43.7 Å². The van der Waals surface area contributed by atoms with Crippen LogP contribution in [0.5, 0.6) is 0 Å². The van der Waals surface area contributed by atoms with Crippen LogP contribution in [0, 0.1) is 12.8 Å². The van der Waals surface area contributed by atoms with Crippen LogP contribution in [0.4, 0.5) is 0 Å². The van der Waals surface area contributed by atoms with Crippen molar-refractivity contribution < 1.29 is 46.0 Å². The largest absolute Gasteiger partial charge is 0.414 e. The van der Waals surface area contributed by atoms with Crippen molar-refractivity contribution in [3.8, 4) is 0 Å². The zero-order chi connectivity index (χ0) is 44.3. The van der Waals surface area contributed by atoms with Crippen LogP contribution >= 0.6 is 0 Å². The number of carbonyl (C=O) groups excluding carboxylic acids is 2. The van der Waals surface area contributed by atoms with Gasteiger partial charge in [-0.3, -0.25) is 23.5 Å². The number of ether oxygens (including phenoxy) is 1. The normalized spacial score (nSPS) is 28.4. The Kier molecular flexibility index (Phi) is 13.7. The van der Waals surface area contributed by atoms with Crippen LogP contribution < -0.4 is 28.0 Å². The number of aryl methyl sites for hydroxylation is 1. The van der Waals surface area contributed by atoms with Gasteiger partial charge in [0, 0.05) is 24.8 Å². The number of amides is 2. The Balaban J connectivity index is 1.70. The molecule has 3 aliphatic rings. The SMILES string of the molecule is Cc1cn([C@@H]2O[C@H](CO[Si](C)(C)C(C)(C)C)[C@@]3(OS(=O)(=O)C=C3N)[C@H]2O[Si](C)(C)C(C)(C)C)c(=O)n(CCCNC(=O)[C@@H]2[C@@H](O)[C@@H](O)CN2C(=O)[C@@H](N)C(C)C)c1=O. The van der Waals surface area contributed by atoms with E-state index in [0.717, 1.165) is 14.9 Å². The van der Waals surface area contributed by atoms with Gasteiger partial charge in [-0.1, -0.05) is 55.4 Å². The van der Waals surface area contributed by atoms with Gasteiger partial charge in [0.25, 0.3) is 15.7 Å². The number of aliphatic hydroxyl groups excluding tert-OH is 2. The summed E-state index contributed by atoms with van der Waals surface area (Å²) >= 11 is 0. The van der Waals surface area contributed by atoms with E-state index in [9.17, 15) is 37.8 Å². The molecule has 58 heavy (non-hydrogen) atoms. The van der Waals surface area contributed by atoms with Gasteiger partial charge in [0.05, 0.1) is 36.4 Å². The van der Waals surface area contributed by atoms with Crippen molar-refractivity contribution in [1.29, 1.82) is 0 Å². The molecule has 0 saturated carbocycles. The van der Waals surface area contributed by atoms with Gasteiger partial charge < -0.3 is 45.5 Å². The Morgan fingerprint density at radius 2 is 1.66 bits per heavy atom. The Bertz CT molecular complexity index is 1990. The lowest BCUT2D eigenvalue weighted by Gasteiger charge is -2.43. The molecule has 8 atom stereocenters. The number of nitrogens with two attached hydrogens (primary N) is 2. The van der Waals surface area contributed by atoms with Gasteiger partial charge in [0.1, 0.15) is 24.4 Å². The Morgan fingerprint density at radius 1 is 1.07 bits per heavy atom. The minimum absolute atomic E-state index is 0.0640. The number of hydrogen-bond donors (Lipinski definition) is 5. The topological polar surface area (TPSA) is 257 Å². The van der Waals surface area contributed by atoms with Gasteiger partial charge in [-0.05, 0) is 55.5 Å². The molecule has 3 aliphatic heterocycles. The first-order valence-electron chi connectivity index (χ1n) is 19.7. The average Bonchev–Trinajstić information content (AvgIpc) is 3.64. The van der Waals surface area contributed by atoms with Gasteiger partial charge >= 0.3 is 5.69 Å². The predicted molar refractivity (Wildman–Crippen MR) is 222 cm³/mol. The van der Waals surface area contributed by atoms with Crippen molar-refractivity contribution in [1.82, 2.24) is 19.4 Å². The summed E-state index contributed by atoms with van der Waals surface area (Å²) in [5, 5.41) is 23.8. The lowest BCUT2D eigenvalue weighted by Crippen LogP contribution is -2.59. The molecule has 1 spiro atoms. The second-order valence-corrected chi connectivity index (χ2v) is 30.1. The average molecular weight is 875 g/mol. The molecule has 2 saturated heterocycles. The van der Waals surface area contributed by atoms with Gasteiger partial charge in [-0.15, -0.1) is 0 Å². The van der Waals surface area contributed by atoms with E-state index in [1.165, 1.54) is 17.7 Å². The molecule has 18 nitrogen and oxygen atoms in total. The molecule has 1 aromatic heterocycles. The molecule has 0 unspecified atom stereocenters. The minimum atomic E-state index is -4.33. The molecule has 2 amide bonds. The zero-order valence-electron chi connectivity index (χ0n) is 36.2. The Hall–Kier alpha value is -2.74. The molecule has 0 radical (unpaired) electrons. The number of likely N-dealkylation sites (tertiary alicyclic amines) is 1. The first-order chi connectivity index (χ1) is 26.3. The van der Waals surface area contributed by atoms with Crippen LogP contribution in [0.1, 0.15) is 73.6 Å². The van der Waals surface area contributed by atoms with E-state index >= 15 is 0 Å². The predicted octanol–water partition coefficient (Wildman–Crippen LogP) is 0.949. The number of aromatic nitrogens is 2. The van der Waals surface area contributed by atoms with Crippen LogP contribution in [0.3, 0.4) is 0 Å². The molecular weight excluding hydrogens is 809 g/mol. The zero-order valence-corrected chi connectivity index (χ0v) is 39.0. The molecule has 4 rings (SSSR count). The van der Waals surface area contributed by atoms with E-state index in [-0.39, 0.29) is 54.9 Å². The molecule has 1 aromatic rings. The Labute approximate surface area is 343 Å². The fourth-order valence-corrected chi connectivity index (χ4v) is 10.2. The fraction of sp³-hybridized carbons (Fsp3) is 0.784. The van der Waals surface area contributed by atoms with E-state index in [1.54, 1.807) is 13.8 Å². The summed E-state index contributed by atoms with van der Waals surface area (Å²) in [5.41, 5.74) is 9.30. The summed E-state index contributed by atoms with van der Waals surface area (Å²) < 4.78 is 54.6. The maximum absolute atomic E-state index is 14.4. The highest BCUT2D eigenvalue weighted by molar-refractivity contribution is 7.90. The molecule has 21 heteroatoms. The van der Waals surface area contributed by atoms with Gasteiger partial charge in [0.15, 0.2) is 28.5 Å². The molecular formula is C37H66N6O12SSi2. The number of aliphatic hydroxyl groups is 2. The second-order valence-electron chi connectivity index (χ2n) is 19.2. The summed E-state index contributed by atoms with van der Waals surface area (Å²) in [7, 11) is -9.62. The number of hydrogen-bond acceptors (Lipinski definition) is 14. The standard InChI is InChI=1S/C37H66N6O12SSi2/c1-21(2)26(39)32(48)42-18-23(44)28(45)27(42)30(46)40-15-14-16-41-31(47)22(3)17-43(34(41)49)33-29(54-58(12,13)36(7,8)9)37(24(38)20-56(50,51)55-37)25(53-33)19-52-57(10,11)35(4,5)6/h17,20-21,23,25-29,33,44-45H,14-16,18-19,38-39H2,1-13H3,(H,40,46)/t23-,25+,26-,27-,28-,29-,33+,37+/m0/s1. The van der Waals surface area contributed by atoms with Crippen LogP contribution in [0.25, 0.3) is 0 Å². The Morgan fingerprint density at radius 3 is 2.17 bits per heavy atom. The monoisotopic (exact) mass is 874 g/mol. The van der Waals surface area contributed by atoms with Gasteiger partial charge in [-0.2, -0.15) is 8.42 Å². The number of nitrogens with zero attached hydrogens (tertiary/aromatic N) is 3. The van der Waals surface area contributed by atoms with Gasteiger partial charge in [-0.25, -0.2) is 8.98 Å². The highest BCUT2D eigenvalue weighted by Gasteiger charge is 2.67. The number of carbonyl (C=O) groups is 2. The van der Waals surface area contributed by atoms with Gasteiger partial charge in [0.2, 0.25) is 11.8 Å². The molecule has 0 bridgehead atoms. The molecule has 0 aromatic carbocycles. The van der Waals surface area contributed by atoms with Crippen LogP contribution in [0.2, 0.25) is 36.3 Å². The third-order valence-corrected chi connectivity index (χ3v) is 22.6. The summed E-state index contributed by atoms with van der Waals surface area (Å²) in [4.78, 5) is 55.4. The third-order valence-electron chi connectivity index (χ3n) is 12.6. The first kappa shape index (κ1) is 47.9. The summed E-state index contributed by atoms with van der Waals surface area (Å²) in [6.45, 7) is 24.5. The number of β-amino-alcohol motifs (C(OH)–C–C–N with tert-alkyl or cyclic N) is 1. The van der Waals surface area contributed by atoms with E-state index in [1.807, 2.05) is 47.0 Å². The van der Waals surface area contributed by atoms with Crippen LogP contribution in [0.15, 0.2) is 26.9 Å². The van der Waals surface area contributed by atoms with E-state index in [2.05, 4.69) is 26.1 Å². The second kappa shape index (κ2) is 16.6. The quantitative estimate of drug-likeness (QED) is 0.105. The molecule has 4 heterocycles. The lowest BCUT2D eigenvalue weighted by atomic mass is 9.89. The summed E-state index contributed by atoms with van der Waals surface area (Å²) in [5.74, 6) is -1.58. The fourth-order valence-electron chi connectivity index (χ4n) is 6.72. The maximum Gasteiger partial charge on any atom is 0.333 e. The van der Waals surface area contributed by atoms with Crippen molar-refractivity contribution in [3.63, 3.8) is 0 Å². The van der Waals surface area contributed by atoms with E-state index in [4.69, 9.17) is 29.2 Å². The van der Waals surface area contributed by atoms with E-state index < -0.39 is 103 Å². The maximum atomic E-state index is 14.4. The summed E-state index contributed by atoms with van der Waals surface area (Å²) in [6.07, 6.45) is -5.30. The highest BCUT2D eigenvalue weighted by atomic mass is 32.2. The number of nitrogens with one attached hydrogen (secondary N) is 1.